The zero-order chi connectivity index (χ0) is 30.1. The number of nitrogens with zero attached hydrogens (tertiary/aromatic N) is 4. The normalized spacial score (nSPS) is 12.5. The fraction of sp³-hybridized carbons (Fsp3) is 0.387. The number of furan rings is 1. The Morgan fingerprint density at radius 1 is 0.905 bits per heavy atom. The molecule has 222 valence electrons. The predicted molar refractivity (Wildman–Crippen MR) is 171 cm³/mol. The standard InChI is InChI=1S/C31H40N4O5Si2/c1-41(2,3)16-14-38-20-34-27-19-22(28-8-7-13-40-28)9-11-25(27)32-30(34)29-24-18-23(31(36)37)10-12-26(24)35(33-29)21-39-15-17-42(4,5)6/h7-13,18-19H,14-17,20-21H2,1-6H3,(H,36,37). The maximum absolute atomic E-state index is 11.9. The Labute approximate surface area is 248 Å². The van der Waals surface area contributed by atoms with Gasteiger partial charge in [0.1, 0.15) is 24.9 Å². The molecule has 5 rings (SSSR count). The summed E-state index contributed by atoms with van der Waals surface area (Å²) in [6, 6.07) is 17.0. The van der Waals surface area contributed by atoms with Crippen LogP contribution in [0.1, 0.15) is 10.4 Å². The molecule has 1 N–H and O–H groups in total. The summed E-state index contributed by atoms with van der Waals surface area (Å²) in [6.07, 6.45) is 1.66. The Morgan fingerprint density at radius 3 is 2.26 bits per heavy atom. The average Bonchev–Trinajstić information content (AvgIpc) is 3.65. The van der Waals surface area contributed by atoms with Gasteiger partial charge >= 0.3 is 5.97 Å². The van der Waals surface area contributed by atoms with E-state index in [0.29, 0.717) is 30.1 Å². The molecule has 0 saturated heterocycles. The highest BCUT2D eigenvalue weighted by atomic mass is 28.3. The zero-order valence-corrected chi connectivity index (χ0v) is 27.3. The van der Waals surface area contributed by atoms with Crippen molar-refractivity contribution in [3.05, 3.63) is 60.4 Å². The molecule has 0 fully saturated rings. The van der Waals surface area contributed by atoms with Gasteiger partial charge in [0.25, 0.3) is 0 Å². The first-order chi connectivity index (χ1) is 19.9. The molecule has 2 aromatic carbocycles. The summed E-state index contributed by atoms with van der Waals surface area (Å²) in [4.78, 5) is 16.9. The quantitative estimate of drug-likeness (QED) is 0.109. The van der Waals surface area contributed by atoms with Crippen molar-refractivity contribution in [2.45, 2.75) is 64.8 Å². The summed E-state index contributed by atoms with van der Waals surface area (Å²) in [5, 5.41) is 15.4. The second-order valence-corrected chi connectivity index (χ2v) is 24.4. The van der Waals surface area contributed by atoms with Crippen molar-refractivity contribution in [2.24, 2.45) is 0 Å². The second kappa shape index (κ2) is 12.0. The molecular formula is C31H40N4O5Si2. The van der Waals surface area contributed by atoms with Crippen molar-refractivity contribution in [1.29, 1.82) is 0 Å². The minimum Gasteiger partial charge on any atom is -0.478 e. The third-order valence-corrected chi connectivity index (χ3v) is 10.6. The van der Waals surface area contributed by atoms with Crippen molar-refractivity contribution in [2.75, 3.05) is 13.2 Å². The summed E-state index contributed by atoms with van der Waals surface area (Å²) in [7, 11) is -2.53. The highest BCUT2D eigenvalue weighted by Crippen LogP contribution is 2.33. The SMILES string of the molecule is C[Si](C)(C)CCOCn1nc(-c2nc3ccc(-c4ccco4)cc3n2COCC[Si](C)(C)C)c2cc(C(=O)O)ccc21. The molecule has 0 aliphatic rings. The Bertz CT molecular complexity index is 1690. The molecule has 0 amide bonds. The first-order valence-corrected chi connectivity index (χ1v) is 21.7. The minimum absolute atomic E-state index is 0.192. The van der Waals surface area contributed by atoms with Crippen molar-refractivity contribution >= 4 is 44.1 Å². The maximum atomic E-state index is 11.9. The third kappa shape index (κ3) is 6.92. The van der Waals surface area contributed by atoms with Gasteiger partial charge < -0.3 is 19.0 Å². The zero-order valence-electron chi connectivity index (χ0n) is 25.3. The lowest BCUT2D eigenvalue weighted by Gasteiger charge is -2.16. The number of hydrogen-bond donors (Lipinski definition) is 1. The predicted octanol–water partition coefficient (Wildman–Crippen LogP) is 7.64. The van der Waals surface area contributed by atoms with Gasteiger partial charge in [-0.1, -0.05) is 39.3 Å². The first-order valence-electron chi connectivity index (χ1n) is 14.3. The van der Waals surface area contributed by atoms with Crippen LogP contribution in [0, 0.1) is 0 Å². The summed E-state index contributed by atoms with van der Waals surface area (Å²) in [5.41, 5.74) is 4.18. The Balaban J connectivity index is 1.60. The molecule has 11 heteroatoms. The number of fused-ring (bicyclic) bond motifs is 2. The number of imidazole rings is 1. The van der Waals surface area contributed by atoms with E-state index in [1.54, 1.807) is 29.1 Å². The number of carboxylic acids is 1. The van der Waals surface area contributed by atoms with Crippen LogP contribution in [0.25, 0.3) is 44.8 Å². The molecule has 0 spiro atoms. The average molecular weight is 605 g/mol. The lowest BCUT2D eigenvalue weighted by Crippen LogP contribution is -2.22. The van der Waals surface area contributed by atoms with E-state index in [9.17, 15) is 9.90 Å². The van der Waals surface area contributed by atoms with E-state index in [2.05, 4.69) is 39.3 Å². The Morgan fingerprint density at radius 2 is 1.62 bits per heavy atom. The second-order valence-electron chi connectivity index (χ2n) is 13.1. The number of carboxylic acid groups (broad SMARTS) is 1. The molecule has 0 atom stereocenters. The van der Waals surface area contributed by atoms with E-state index in [0.717, 1.165) is 40.0 Å². The van der Waals surface area contributed by atoms with E-state index in [1.807, 2.05) is 34.9 Å². The van der Waals surface area contributed by atoms with E-state index in [-0.39, 0.29) is 19.0 Å². The highest BCUT2D eigenvalue weighted by Gasteiger charge is 2.22. The van der Waals surface area contributed by atoms with E-state index >= 15 is 0 Å². The van der Waals surface area contributed by atoms with Crippen LogP contribution in [0.4, 0.5) is 0 Å². The molecule has 3 heterocycles. The molecule has 0 saturated carbocycles. The van der Waals surface area contributed by atoms with Gasteiger partial charge in [0, 0.05) is 40.3 Å². The van der Waals surface area contributed by atoms with Crippen molar-refractivity contribution in [1.82, 2.24) is 19.3 Å². The third-order valence-electron chi connectivity index (χ3n) is 7.19. The van der Waals surface area contributed by atoms with Crippen LogP contribution in [0.5, 0.6) is 0 Å². The van der Waals surface area contributed by atoms with Crippen molar-refractivity contribution in [3.8, 4) is 22.8 Å². The molecular weight excluding hydrogens is 565 g/mol. The lowest BCUT2D eigenvalue weighted by molar-refractivity contribution is 0.0697. The topological polar surface area (TPSA) is 105 Å². The van der Waals surface area contributed by atoms with Crippen LogP contribution in [-0.4, -0.2) is 59.8 Å². The number of aromatic carboxylic acids is 1. The molecule has 0 bridgehead atoms. The summed E-state index contributed by atoms with van der Waals surface area (Å²) in [6.45, 7) is 15.8. The Kier molecular flexibility index (Phi) is 8.56. The van der Waals surface area contributed by atoms with Gasteiger partial charge in [-0.3, -0.25) is 4.57 Å². The summed E-state index contributed by atoms with van der Waals surface area (Å²) >= 11 is 0. The molecule has 0 radical (unpaired) electrons. The van der Waals surface area contributed by atoms with Crippen molar-refractivity contribution in [3.63, 3.8) is 0 Å². The van der Waals surface area contributed by atoms with Gasteiger partial charge in [-0.05, 0) is 60.6 Å². The number of ether oxygens (including phenoxy) is 2. The maximum Gasteiger partial charge on any atom is 0.335 e. The number of aromatic nitrogens is 4. The fourth-order valence-electron chi connectivity index (χ4n) is 4.67. The van der Waals surface area contributed by atoms with Gasteiger partial charge in [0.15, 0.2) is 5.82 Å². The first kappa shape index (κ1) is 30.0. The summed E-state index contributed by atoms with van der Waals surface area (Å²) in [5.74, 6) is 0.387. The van der Waals surface area contributed by atoms with Crippen LogP contribution in [0.15, 0.2) is 59.2 Å². The van der Waals surface area contributed by atoms with Gasteiger partial charge in [-0.2, -0.15) is 5.10 Å². The molecule has 5 aromatic rings. The van der Waals surface area contributed by atoms with Crippen LogP contribution in [0.3, 0.4) is 0 Å². The molecule has 42 heavy (non-hydrogen) atoms. The smallest absolute Gasteiger partial charge is 0.335 e. The minimum atomic E-state index is -1.28. The van der Waals surface area contributed by atoms with Crippen LogP contribution < -0.4 is 0 Å². The molecule has 9 nitrogen and oxygen atoms in total. The van der Waals surface area contributed by atoms with E-state index in [1.165, 1.54) is 0 Å². The fourth-order valence-corrected chi connectivity index (χ4v) is 6.18. The van der Waals surface area contributed by atoms with Gasteiger partial charge in [-0.25, -0.2) is 14.5 Å². The van der Waals surface area contributed by atoms with Crippen LogP contribution in [-0.2, 0) is 22.9 Å². The van der Waals surface area contributed by atoms with E-state index < -0.39 is 22.1 Å². The molecule has 0 aliphatic heterocycles. The lowest BCUT2D eigenvalue weighted by atomic mass is 10.1. The van der Waals surface area contributed by atoms with E-state index in [4.69, 9.17) is 24.0 Å². The number of carbonyl (C=O) groups is 1. The largest absolute Gasteiger partial charge is 0.478 e. The number of benzene rings is 2. The molecule has 0 unspecified atom stereocenters. The summed E-state index contributed by atoms with van der Waals surface area (Å²) < 4.78 is 21.8. The van der Waals surface area contributed by atoms with Crippen LogP contribution in [0.2, 0.25) is 51.4 Å². The van der Waals surface area contributed by atoms with Crippen LogP contribution >= 0.6 is 0 Å². The monoisotopic (exact) mass is 604 g/mol. The van der Waals surface area contributed by atoms with Gasteiger partial charge in [-0.15, -0.1) is 0 Å². The highest BCUT2D eigenvalue weighted by molar-refractivity contribution is 6.76. The number of hydrogen-bond acceptors (Lipinski definition) is 6. The van der Waals surface area contributed by atoms with Gasteiger partial charge in [0.05, 0.1) is 28.4 Å². The number of rotatable bonds is 13. The Hall–Kier alpha value is -3.52. The molecule has 0 aliphatic carbocycles. The van der Waals surface area contributed by atoms with Crippen molar-refractivity contribution < 1.29 is 23.8 Å². The molecule has 3 aromatic heterocycles. The van der Waals surface area contributed by atoms with Gasteiger partial charge in [0.2, 0.25) is 0 Å².